The maximum atomic E-state index is 11.5. The van der Waals surface area contributed by atoms with Crippen molar-refractivity contribution < 1.29 is 9.35 Å². The summed E-state index contributed by atoms with van der Waals surface area (Å²) >= 11 is -1.31. The molecule has 0 radical (unpaired) electrons. The number of nitrogens with one attached hydrogen (secondary N) is 1. The molecular formula is C9H19NO2S. The molecule has 0 saturated carbocycles. The molecule has 0 aliphatic rings. The molecule has 1 N–H and O–H groups in total. The monoisotopic (exact) mass is 205 g/mol. The minimum Gasteiger partial charge on any atom is -0.593 e. The Hall–Kier alpha value is -0.220. The van der Waals surface area contributed by atoms with E-state index in [2.05, 4.69) is 4.72 Å². The third-order valence-corrected chi connectivity index (χ3v) is 2.91. The Bertz CT molecular complexity index is 191. The number of carbonyl (C=O) groups excluding carboxylic acids is 1. The summed E-state index contributed by atoms with van der Waals surface area (Å²) in [5.41, 5.74) is -0.485. The molecule has 0 fully saturated rings. The summed E-state index contributed by atoms with van der Waals surface area (Å²) in [7, 11) is 0. The topological polar surface area (TPSA) is 52.2 Å². The fourth-order valence-electron chi connectivity index (χ4n) is 0.390. The van der Waals surface area contributed by atoms with E-state index >= 15 is 0 Å². The van der Waals surface area contributed by atoms with Gasteiger partial charge in [0.1, 0.15) is 4.75 Å². The summed E-state index contributed by atoms with van der Waals surface area (Å²) < 4.78 is 13.6. The Kier molecular flexibility index (Phi) is 3.82. The molecule has 78 valence electrons. The maximum absolute atomic E-state index is 11.5. The van der Waals surface area contributed by atoms with Crippen LogP contribution in [-0.4, -0.2) is 15.2 Å². The normalized spacial score (nSPS) is 15.3. The molecule has 0 unspecified atom stereocenters. The number of hydrogen-bond donors (Lipinski definition) is 1. The van der Waals surface area contributed by atoms with Crippen molar-refractivity contribution in [2.24, 2.45) is 5.41 Å². The van der Waals surface area contributed by atoms with E-state index in [1.165, 1.54) is 0 Å². The SMILES string of the molecule is CC(C)(C)C(=O)N[S@@+]([O-])C(C)(C)C. The highest BCUT2D eigenvalue weighted by Crippen LogP contribution is 2.17. The number of hydrogen-bond acceptors (Lipinski definition) is 2. The molecule has 0 bridgehead atoms. The maximum Gasteiger partial charge on any atom is 0.266 e. The molecule has 3 nitrogen and oxygen atoms in total. The van der Waals surface area contributed by atoms with Crippen LogP contribution in [0.5, 0.6) is 0 Å². The zero-order valence-corrected chi connectivity index (χ0v) is 10.0. The van der Waals surface area contributed by atoms with Crippen LogP contribution in [0.3, 0.4) is 0 Å². The second-order valence-electron chi connectivity index (χ2n) is 5.06. The van der Waals surface area contributed by atoms with Gasteiger partial charge in [-0.2, -0.15) is 4.72 Å². The molecule has 4 heteroatoms. The van der Waals surface area contributed by atoms with Gasteiger partial charge in [-0.3, -0.25) is 4.79 Å². The Morgan fingerprint density at radius 1 is 1.15 bits per heavy atom. The fourth-order valence-corrected chi connectivity index (χ4v) is 1.17. The molecule has 0 aliphatic heterocycles. The number of carbonyl (C=O) groups is 1. The molecule has 0 aliphatic carbocycles. The van der Waals surface area contributed by atoms with Crippen LogP contribution in [0, 0.1) is 5.41 Å². The summed E-state index contributed by atoms with van der Waals surface area (Å²) in [5, 5.41) is 0. The summed E-state index contributed by atoms with van der Waals surface area (Å²) in [4.78, 5) is 11.4. The molecule has 0 saturated heterocycles. The lowest BCUT2D eigenvalue weighted by Gasteiger charge is -2.26. The smallest absolute Gasteiger partial charge is 0.266 e. The molecular weight excluding hydrogens is 186 g/mol. The predicted molar refractivity (Wildman–Crippen MR) is 55.5 cm³/mol. The summed E-state index contributed by atoms with van der Waals surface area (Å²) in [5.74, 6) is -0.180. The van der Waals surface area contributed by atoms with Crippen LogP contribution in [-0.2, 0) is 16.2 Å². The Morgan fingerprint density at radius 3 is 1.77 bits per heavy atom. The van der Waals surface area contributed by atoms with Crippen molar-refractivity contribution >= 4 is 17.3 Å². The van der Waals surface area contributed by atoms with E-state index in [0.29, 0.717) is 0 Å². The minimum absolute atomic E-state index is 0.180. The lowest BCUT2D eigenvalue weighted by molar-refractivity contribution is -0.126. The first kappa shape index (κ1) is 12.8. The second-order valence-corrected chi connectivity index (χ2v) is 7.03. The van der Waals surface area contributed by atoms with Crippen LogP contribution in [0.2, 0.25) is 0 Å². The Labute approximate surface area is 83.6 Å². The molecule has 1 atom stereocenters. The molecule has 0 spiro atoms. The van der Waals surface area contributed by atoms with Crippen molar-refractivity contribution in [3.05, 3.63) is 0 Å². The van der Waals surface area contributed by atoms with E-state index in [9.17, 15) is 9.35 Å². The van der Waals surface area contributed by atoms with Gasteiger partial charge in [-0.05, 0) is 20.8 Å². The first-order valence-electron chi connectivity index (χ1n) is 4.28. The predicted octanol–water partition coefficient (Wildman–Crippen LogP) is 1.61. The first-order valence-corrected chi connectivity index (χ1v) is 5.43. The molecule has 0 heterocycles. The molecule has 13 heavy (non-hydrogen) atoms. The highest BCUT2D eigenvalue weighted by atomic mass is 32.2. The van der Waals surface area contributed by atoms with Crippen LogP contribution in [0.4, 0.5) is 0 Å². The zero-order chi connectivity index (χ0) is 10.9. The van der Waals surface area contributed by atoms with Gasteiger partial charge in [-0.15, -0.1) is 0 Å². The molecule has 0 aromatic rings. The van der Waals surface area contributed by atoms with Crippen molar-refractivity contribution in [3.63, 3.8) is 0 Å². The van der Waals surface area contributed by atoms with E-state index in [1.807, 2.05) is 20.8 Å². The van der Waals surface area contributed by atoms with Gasteiger partial charge < -0.3 is 4.55 Å². The average Bonchev–Trinajstić information content (AvgIpc) is 1.82. The third kappa shape index (κ3) is 4.52. The fraction of sp³-hybridized carbons (Fsp3) is 0.889. The van der Waals surface area contributed by atoms with Crippen LogP contribution in [0.25, 0.3) is 0 Å². The van der Waals surface area contributed by atoms with Crippen molar-refractivity contribution in [3.8, 4) is 0 Å². The van der Waals surface area contributed by atoms with Crippen molar-refractivity contribution in [1.29, 1.82) is 0 Å². The van der Waals surface area contributed by atoms with Gasteiger partial charge in [0.2, 0.25) is 0 Å². The third-order valence-electron chi connectivity index (χ3n) is 1.42. The van der Waals surface area contributed by atoms with E-state index in [-0.39, 0.29) is 5.91 Å². The van der Waals surface area contributed by atoms with Crippen LogP contribution in [0.15, 0.2) is 0 Å². The second kappa shape index (κ2) is 3.88. The van der Waals surface area contributed by atoms with Crippen LogP contribution in [0.1, 0.15) is 41.5 Å². The standard InChI is InChI=1S/C9H19NO2S/c1-8(2,3)7(11)10-13(12)9(4,5)6/h1-6H3,(H,10,11)/t13-/m0/s1. The molecule has 1 amide bonds. The van der Waals surface area contributed by atoms with Gasteiger partial charge in [0.05, 0.1) is 11.4 Å². The lowest BCUT2D eigenvalue weighted by Crippen LogP contribution is -2.46. The number of rotatable bonds is 1. The van der Waals surface area contributed by atoms with Gasteiger partial charge in [0.15, 0.2) is 0 Å². The Balaban J connectivity index is 4.24. The van der Waals surface area contributed by atoms with E-state index < -0.39 is 21.5 Å². The summed E-state index contributed by atoms with van der Waals surface area (Å²) in [6.07, 6.45) is 0. The first-order chi connectivity index (χ1) is 5.55. The van der Waals surface area contributed by atoms with Gasteiger partial charge in [-0.25, -0.2) is 0 Å². The summed E-state index contributed by atoms with van der Waals surface area (Å²) in [6.45, 7) is 10.9. The van der Waals surface area contributed by atoms with Gasteiger partial charge in [0, 0.05) is 5.41 Å². The van der Waals surface area contributed by atoms with Crippen LogP contribution >= 0.6 is 0 Å². The molecule has 0 rings (SSSR count). The van der Waals surface area contributed by atoms with Gasteiger partial charge in [-0.1, -0.05) is 20.8 Å². The lowest BCUT2D eigenvalue weighted by atomic mass is 9.96. The zero-order valence-electron chi connectivity index (χ0n) is 9.22. The van der Waals surface area contributed by atoms with Crippen molar-refractivity contribution in [2.45, 2.75) is 46.3 Å². The highest BCUT2D eigenvalue weighted by Gasteiger charge is 2.32. The van der Waals surface area contributed by atoms with E-state index in [0.717, 1.165) is 0 Å². The van der Waals surface area contributed by atoms with Crippen molar-refractivity contribution in [2.75, 3.05) is 0 Å². The number of amides is 1. The van der Waals surface area contributed by atoms with E-state index in [4.69, 9.17) is 0 Å². The van der Waals surface area contributed by atoms with Gasteiger partial charge >= 0.3 is 0 Å². The largest absolute Gasteiger partial charge is 0.593 e. The summed E-state index contributed by atoms with van der Waals surface area (Å²) in [6, 6.07) is 0. The Morgan fingerprint density at radius 2 is 1.54 bits per heavy atom. The minimum atomic E-state index is -1.31. The van der Waals surface area contributed by atoms with Crippen LogP contribution < -0.4 is 4.72 Å². The average molecular weight is 205 g/mol. The molecule has 0 aromatic carbocycles. The van der Waals surface area contributed by atoms with Crippen molar-refractivity contribution in [1.82, 2.24) is 4.72 Å². The quantitative estimate of drug-likeness (QED) is 0.661. The molecule has 0 aromatic heterocycles. The highest BCUT2D eigenvalue weighted by molar-refractivity contribution is 7.91. The van der Waals surface area contributed by atoms with E-state index in [1.54, 1.807) is 20.8 Å². The van der Waals surface area contributed by atoms with Gasteiger partial charge in [0.25, 0.3) is 5.91 Å².